The van der Waals surface area contributed by atoms with Gasteiger partial charge in [-0.2, -0.15) is 13.2 Å². The minimum atomic E-state index is -4.44. The second kappa shape index (κ2) is 8.45. The average Bonchev–Trinajstić information content (AvgIpc) is 2.89. The predicted molar refractivity (Wildman–Crippen MR) is 82.8 cm³/mol. The van der Waals surface area contributed by atoms with Crippen molar-refractivity contribution in [3.63, 3.8) is 0 Å². The molecule has 1 rings (SSSR count). The molecule has 1 aromatic heterocycles. The summed E-state index contributed by atoms with van der Waals surface area (Å²) in [5.41, 5.74) is -0.908. The van der Waals surface area contributed by atoms with E-state index in [2.05, 4.69) is 25.3 Å². The molecule has 1 heterocycles. The van der Waals surface area contributed by atoms with Gasteiger partial charge in [-0.3, -0.25) is 4.99 Å². The number of halogens is 3. The van der Waals surface area contributed by atoms with Crippen molar-refractivity contribution in [2.75, 3.05) is 26.4 Å². The fourth-order valence-electron chi connectivity index (χ4n) is 1.45. The maximum Gasteiger partial charge on any atom is 0.434 e. The molecule has 0 atom stereocenters. The molecule has 0 aliphatic rings. The molecule has 0 saturated carbocycles. The van der Waals surface area contributed by atoms with E-state index in [-0.39, 0.29) is 13.1 Å². The van der Waals surface area contributed by atoms with Gasteiger partial charge in [-0.1, -0.05) is 0 Å². The minimum absolute atomic E-state index is 0.113. The Bertz CT molecular complexity index is 628. The standard InChI is InChI=1S/C11H18F3N5O2S2/c1-15-10(16-4-3-5-18-23(2,20)21)17-6-9-19-8(7-22-9)11(12,13)14/h7,18H,3-6H2,1-2H3,(H2,15,16,17). The van der Waals surface area contributed by atoms with Gasteiger partial charge < -0.3 is 10.6 Å². The monoisotopic (exact) mass is 373 g/mol. The van der Waals surface area contributed by atoms with Crippen molar-refractivity contribution in [1.29, 1.82) is 0 Å². The molecule has 0 unspecified atom stereocenters. The number of guanidine groups is 1. The van der Waals surface area contributed by atoms with Crippen LogP contribution >= 0.6 is 11.3 Å². The number of hydrogen-bond donors (Lipinski definition) is 3. The van der Waals surface area contributed by atoms with Crippen LogP contribution in [0.4, 0.5) is 13.2 Å². The van der Waals surface area contributed by atoms with Crippen LogP contribution in [0, 0.1) is 0 Å². The summed E-state index contributed by atoms with van der Waals surface area (Å²) < 4.78 is 61.4. The highest BCUT2D eigenvalue weighted by atomic mass is 32.2. The smallest absolute Gasteiger partial charge is 0.356 e. The lowest BCUT2D eigenvalue weighted by molar-refractivity contribution is -0.140. The second-order valence-corrected chi connectivity index (χ2v) is 7.27. The summed E-state index contributed by atoms with van der Waals surface area (Å²) in [7, 11) is -1.69. The number of aliphatic imine (C=N–C) groups is 1. The van der Waals surface area contributed by atoms with Gasteiger partial charge in [0.15, 0.2) is 11.7 Å². The van der Waals surface area contributed by atoms with Crippen LogP contribution in [0.3, 0.4) is 0 Å². The Balaban J connectivity index is 2.33. The van der Waals surface area contributed by atoms with E-state index in [9.17, 15) is 21.6 Å². The van der Waals surface area contributed by atoms with Crippen molar-refractivity contribution < 1.29 is 21.6 Å². The van der Waals surface area contributed by atoms with Crippen LogP contribution in [0.1, 0.15) is 17.1 Å². The summed E-state index contributed by atoms with van der Waals surface area (Å²) in [5.74, 6) is 0.396. The van der Waals surface area contributed by atoms with Gasteiger partial charge in [-0.15, -0.1) is 11.3 Å². The van der Waals surface area contributed by atoms with Gasteiger partial charge in [0.25, 0.3) is 0 Å². The molecule has 0 aliphatic carbocycles. The number of hydrogen-bond acceptors (Lipinski definition) is 5. The number of nitrogens with one attached hydrogen (secondary N) is 3. The zero-order valence-electron chi connectivity index (χ0n) is 12.6. The molecule has 0 spiro atoms. The van der Waals surface area contributed by atoms with Gasteiger partial charge in [-0.05, 0) is 6.42 Å². The lowest BCUT2D eigenvalue weighted by atomic mass is 10.4. The van der Waals surface area contributed by atoms with E-state index in [0.29, 0.717) is 23.9 Å². The van der Waals surface area contributed by atoms with Gasteiger partial charge in [0.1, 0.15) is 5.01 Å². The Kier molecular flexibility index (Phi) is 7.22. The number of thiazole rings is 1. The molecule has 0 aliphatic heterocycles. The first kappa shape index (κ1) is 19.6. The van der Waals surface area contributed by atoms with E-state index in [1.165, 1.54) is 7.05 Å². The van der Waals surface area contributed by atoms with E-state index in [1.54, 1.807) is 0 Å². The van der Waals surface area contributed by atoms with Crippen molar-refractivity contribution in [3.05, 3.63) is 16.1 Å². The van der Waals surface area contributed by atoms with E-state index in [0.717, 1.165) is 23.0 Å². The molecule has 1 aromatic rings. The molecular formula is C11H18F3N5O2S2. The number of rotatable bonds is 7. The van der Waals surface area contributed by atoms with Crippen LogP contribution in [0.15, 0.2) is 10.4 Å². The number of sulfonamides is 1. The maximum absolute atomic E-state index is 12.4. The Hall–Kier alpha value is -1.40. The topological polar surface area (TPSA) is 95.5 Å². The van der Waals surface area contributed by atoms with E-state index in [1.807, 2.05) is 0 Å². The molecule has 7 nitrogen and oxygen atoms in total. The van der Waals surface area contributed by atoms with Gasteiger partial charge in [0, 0.05) is 25.5 Å². The number of aromatic nitrogens is 1. The molecule has 0 saturated heterocycles. The van der Waals surface area contributed by atoms with Crippen LogP contribution in [-0.2, 0) is 22.7 Å². The lowest BCUT2D eigenvalue weighted by Gasteiger charge is -2.10. The number of alkyl halides is 3. The Morgan fingerprint density at radius 3 is 2.57 bits per heavy atom. The molecule has 0 bridgehead atoms. The van der Waals surface area contributed by atoms with Gasteiger partial charge >= 0.3 is 6.18 Å². The second-order valence-electron chi connectivity index (χ2n) is 4.50. The largest absolute Gasteiger partial charge is 0.434 e. The van der Waals surface area contributed by atoms with Crippen molar-refractivity contribution in [3.8, 4) is 0 Å². The molecule has 0 aromatic carbocycles. The Labute approximate surface area is 136 Å². The van der Waals surface area contributed by atoms with E-state index >= 15 is 0 Å². The zero-order valence-corrected chi connectivity index (χ0v) is 14.2. The third-order valence-electron chi connectivity index (χ3n) is 2.48. The predicted octanol–water partition coefficient (Wildman–Crippen LogP) is 0.766. The highest BCUT2D eigenvalue weighted by Gasteiger charge is 2.33. The first-order valence-electron chi connectivity index (χ1n) is 6.52. The van der Waals surface area contributed by atoms with Crippen LogP contribution in [0.2, 0.25) is 0 Å². The first-order valence-corrected chi connectivity index (χ1v) is 9.29. The zero-order chi connectivity index (χ0) is 17.5. The van der Waals surface area contributed by atoms with E-state index in [4.69, 9.17) is 0 Å². The quantitative estimate of drug-likeness (QED) is 0.373. The molecule has 3 N–H and O–H groups in total. The van der Waals surface area contributed by atoms with E-state index < -0.39 is 21.9 Å². The minimum Gasteiger partial charge on any atom is -0.356 e. The van der Waals surface area contributed by atoms with Crippen molar-refractivity contribution in [2.24, 2.45) is 4.99 Å². The average molecular weight is 373 g/mol. The first-order chi connectivity index (χ1) is 10.6. The molecule has 0 amide bonds. The molecule has 0 fully saturated rings. The van der Waals surface area contributed by atoms with Crippen LogP contribution < -0.4 is 15.4 Å². The molecule has 23 heavy (non-hydrogen) atoms. The summed E-state index contributed by atoms with van der Waals surface area (Å²) in [6.45, 7) is 0.847. The summed E-state index contributed by atoms with van der Waals surface area (Å²) in [4.78, 5) is 7.41. The molecule has 0 radical (unpaired) electrons. The van der Waals surface area contributed by atoms with Crippen molar-refractivity contribution in [1.82, 2.24) is 20.3 Å². The highest BCUT2D eigenvalue weighted by molar-refractivity contribution is 7.88. The molecular weight excluding hydrogens is 355 g/mol. The van der Waals surface area contributed by atoms with Crippen LogP contribution in [0.25, 0.3) is 0 Å². The summed E-state index contributed by atoms with van der Waals surface area (Å²) >= 11 is 0.911. The third kappa shape index (κ3) is 8.13. The van der Waals surface area contributed by atoms with Crippen LogP contribution in [0.5, 0.6) is 0 Å². The summed E-state index contributed by atoms with van der Waals surface area (Å²) in [5, 5.41) is 7.01. The normalized spacial score (nSPS) is 13.2. The van der Waals surface area contributed by atoms with Gasteiger partial charge in [-0.25, -0.2) is 18.1 Å². The SMILES string of the molecule is CN=C(NCCCNS(C)(=O)=O)NCc1nc(C(F)(F)F)cs1. The van der Waals surface area contributed by atoms with Crippen molar-refractivity contribution in [2.45, 2.75) is 19.1 Å². The summed E-state index contributed by atoms with van der Waals surface area (Å²) in [6, 6.07) is 0. The van der Waals surface area contributed by atoms with Crippen molar-refractivity contribution >= 4 is 27.3 Å². The number of nitrogens with zero attached hydrogens (tertiary/aromatic N) is 2. The summed E-state index contributed by atoms with van der Waals surface area (Å²) in [6.07, 6.45) is -2.84. The fourth-order valence-corrected chi connectivity index (χ4v) is 2.71. The lowest BCUT2D eigenvalue weighted by Crippen LogP contribution is -2.38. The van der Waals surface area contributed by atoms with Gasteiger partial charge in [0.2, 0.25) is 10.0 Å². The van der Waals surface area contributed by atoms with Gasteiger partial charge in [0.05, 0.1) is 12.8 Å². The maximum atomic E-state index is 12.4. The highest BCUT2D eigenvalue weighted by Crippen LogP contribution is 2.29. The molecule has 12 heteroatoms. The third-order valence-corrected chi connectivity index (χ3v) is 4.06. The molecule has 132 valence electrons. The fraction of sp³-hybridized carbons (Fsp3) is 0.636. The Morgan fingerprint density at radius 2 is 2.04 bits per heavy atom. The Morgan fingerprint density at radius 1 is 1.35 bits per heavy atom. The van der Waals surface area contributed by atoms with Crippen LogP contribution in [-0.4, -0.2) is 45.8 Å².